The molecule has 1 aromatic carbocycles. The molecule has 0 heterocycles. The molecular weight excluding hydrogens is 238 g/mol. The van der Waals surface area contributed by atoms with E-state index in [-0.39, 0.29) is 0 Å². The molecule has 0 aromatic heterocycles. The Hall–Kier alpha value is -1.77. The van der Waals surface area contributed by atoms with Crippen LogP contribution in [0.2, 0.25) is 0 Å². The highest BCUT2D eigenvalue weighted by Gasteiger charge is 2.26. The third-order valence-corrected chi connectivity index (χ3v) is 3.43. The van der Waals surface area contributed by atoms with Gasteiger partial charge in [0.05, 0.1) is 0 Å². The third kappa shape index (κ3) is 3.85. The summed E-state index contributed by atoms with van der Waals surface area (Å²) in [4.78, 5) is 13.0. The highest BCUT2D eigenvalue weighted by molar-refractivity contribution is 5.87. The summed E-state index contributed by atoms with van der Waals surface area (Å²) in [6.45, 7) is 5.43. The fraction of sp³-hybridized carbons (Fsp3) is 0.438. The van der Waals surface area contributed by atoms with Crippen LogP contribution in [0.4, 0.5) is 5.69 Å². The molecule has 1 N–H and O–H groups in total. The lowest BCUT2D eigenvalue weighted by atomic mass is 10.1. The first-order valence-electron chi connectivity index (χ1n) is 6.84. The van der Waals surface area contributed by atoms with Crippen molar-refractivity contribution in [3.8, 4) is 0 Å². The minimum absolute atomic E-state index is 0.417. The Bertz CT molecular complexity index is 475. The van der Waals surface area contributed by atoms with Gasteiger partial charge in [0.15, 0.2) is 0 Å². The summed E-state index contributed by atoms with van der Waals surface area (Å²) in [5.74, 6) is -0.105. The molecule has 0 radical (unpaired) electrons. The lowest BCUT2D eigenvalue weighted by Gasteiger charge is -2.30. The van der Waals surface area contributed by atoms with Crippen molar-refractivity contribution < 1.29 is 9.90 Å². The number of carbonyl (C=O) groups is 1. The molecule has 0 atom stereocenters. The molecular formula is C16H21NO2. The molecule has 3 nitrogen and oxygen atoms in total. The molecule has 0 unspecified atom stereocenters. The van der Waals surface area contributed by atoms with Gasteiger partial charge in [-0.3, -0.25) is 0 Å². The number of rotatable bonds is 6. The molecule has 1 aromatic rings. The molecule has 0 saturated heterocycles. The summed E-state index contributed by atoms with van der Waals surface area (Å²) in [6, 6.07) is 8.41. The number of nitrogens with zero attached hydrogens (tertiary/aromatic N) is 1. The van der Waals surface area contributed by atoms with Crippen molar-refractivity contribution in [2.24, 2.45) is 5.92 Å². The number of benzene rings is 1. The predicted octanol–water partition coefficient (Wildman–Crippen LogP) is 3.41. The van der Waals surface area contributed by atoms with Crippen molar-refractivity contribution in [1.29, 1.82) is 0 Å². The van der Waals surface area contributed by atoms with Crippen LogP contribution < -0.4 is 4.90 Å². The van der Waals surface area contributed by atoms with Gasteiger partial charge in [-0.25, -0.2) is 4.79 Å². The average Bonchev–Trinajstić information content (AvgIpc) is 3.17. The summed E-state index contributed by atoms with van der Waals surface area (Å²) < 4.78 is 0. The number of carboxylic acid groups (broad SMARTS) is 1. The van der Waals surface area contributed by atoms with Gasteiger partial charge in [-0.2, -0.15) is 0 Å². The van der Waals surface area contributed by atoms with E-state index >= 15 is 0 Å². The smallest absolute Gasteiger partial charge is 0.328 e. The molecule has 3 heteroatoms. The van der Waals surface area contributed by atoms with Crippen LogP contribution in [0.15, 0.2) is 30.3 Å². The van der Waals surface area contributed by atoms with Gasteiger partial charge in [0.2, 0.25) is 0 Å². The average molecular weight is 259 g/mol. The first-order valence-corrected chi connectivity index (χ1v) is 6.84. The largest absolute Gasteiger partial charge is 0.478 e. The molecule has 19 heavy (non-hydrogen) atoms. The maximum absolute atomic E-state index is 10.7. The molecule has 2 rings (SSSR count). The third-order valence-electron chi connectivity index (χ3n) is 3.43. The first kappa shape index (κ1) is 13.7. The second-order valence-electron chi connectivity index (χ2n) is 5.42. The zero-order valence-corrected chi connectivity index (χ0v) is 11.5. The van der Waals surface area contributed by atoms with Crippen LogP contribution >= 0.6 is 0 Å². The number of hydrogen-bond acceptors (Lipinski definition) is 2. The fourth-order valence-electron chi connectivity index (χ4n) is 2.22. The van der Waals surface area contributed by atoms with E-state index in [0.717, 1.165) is 23.7 Å². The van der Waals surface area contributed by atoms with Crippen LogP contribution in [0.1, 0.15) is 32.3 Å². The van der Waals surface area contributed by atoms with Gasteiger partial charge in [-0.05, 0) is 50.3 Å². The van der Waals surface area contributed by atoms with E-state index in [1.807, 2.05) is 18.2 Å². The minimum atomic E-state index is -0.909. The SMILES string of the molecule is CC(C)N(CC1CC1)c1ccccc1/C=C/C(=O)O. The van der Waals surface area contributed by atoms with Gasteiger partial charge < -0.3 is 10.0 Å². The Morgan fingerprint density at radius 1 is 1.42 bits per heavy atom. The molecule has 1 saturated carbocycles. The number of aliphatic carboxylic acids is 1. The highest BCUT2D eigenvalue weighted by Crippen LogP contribution is 2.33. The highest BCUT2D eigenvalue weighted by atomic mass is 16.4. The molecule has 0 amide bonds. The van der Waals surface area contributed by atoms with E-state index in [1.165, 1.54) is 18.9 Å². The van der Waals surface area contributed by atoms with Gasteiger partial charge in [0.1, 0.15) is 0 Å². The van der Waals surface area contributed by atoms with Crippen LogP contribution in [-0.2, 0) is 4.79 Å². The zero-order valence-electron chi connectivity index (χ0n) is 11.5. The van der Waals surface area contributed by atoms with Gasteiger partial charge in [0, 0.05) is 24.4 Å². The standard InChI is InChI=1S/C16H21NO2/c1-12(2)17(11-13-7-8-13)15-6-4-3-5-14(15)9-10-16(18)19/h3-6,9-10,12-13H,7-8,11H2,1-2H3,(H,18,19)/b10-9+. The lowest BCUT2D eigenvalue weighted by Crippen LogP contribution is -2.33. The molecule has 1 fully saturated rings. The second-order valence-corrected chi connectivity index (χ2v) is 5.42. The zero-order chi connectivity index (χ0) is 13.8. The van der Waals surface area contributed by atoms with Gasteiger partial charge >= 0.3 is 5.97 Å². The number of hydrogen-bond donors (Lipinski definition) is 1. The van der Waals surface area contributed by atoms with Gasteiger partial charge in [-0.15, -0.1) is 0 Å². The van der Waals surface area contributed by atoms with Crippen LogP contribution in [0, 0.1) is 5.92 Å². The van der Waals surface area contributed by atoms with Crippen molar-refractivity contribution >= 4 is 17.7 Å². The molecule has 0 spiro atoms. The quantitative estimate of drug-likeness (QED) is 0.796. The van der Waals surface area contributed by atoms with E-state index in [9.17, 15) is 4.79 Å². The summed E-state index contributed by atoms with van der Waals surface area (Å²) in [7, 11) is 0. The van der Waals surface area contributed by atoms with E-state index in [2.05, 4.69) is 24.8 Å². The van der Waals surface area contributed by atoms with Crippen molar-refractivity contribution in [2.75, 3.05) is 11.4 Å². The summed E-state index contributed by atoms with van der Waals surface area (Å²) in [6.07, 6.45) is 5.51. The topological polar surface area (TPSA) is 40.5 Å². The van der Waals surface area contributed by atoms with Crippen LogP contribution in [-0.4, -0.2) is 23.7 Å². The van der Waals surface area contributed by atoms with E-state index < -0.39 is 5.97 Å². The first-order chi connectivity index (χ1) is 9.08. The normalized spacial score (nSPS) is 15.1. The Morgan fingerprint density at radius 3 is 2.68 bits per heavy atom. The Morgan fingerprint density at radius 2 is 2.11 bits per heavy atom. The Balaban J connectivity index is 2.26. The van der Waals surface area contributed by atoms with Crippen molar-refractivity contribution in [1.82, 2.24) is 0 Å². The van der Waals surface area contributed by atoms with Crippen LogP contribution in [0.5, 0.6) is 0 Å². The molecule has 0 bridgehead atoms. The van der Waals surface area contributed by atoms with E-state index in [1.54, 1.807) is 6.08 Å². The second kappa shape index (κ2) is 5.91. The van der Waals surface area contributed by atoms with Crippen molar-refractivity contribution in [3.63, 3.8) is 0 Å². The van der Waals surface area contributed by atoms with Crippen molar-refractivity contribution in [2.45, 2.75) is 32.7 Å². The fourth-order valence-corrected chi connectivity index (χ4v) is 2.22. The maximum atomic E-state index is 10.7. The number of carboxylic acids is 1. The molecule has 0 aliphatic heterocycles. The summed E-state index contributed by atoms with van der Waals surface area (Å²) in [5.41, 5.74) is 2.10. The monoisotopic (exact) mass is 259 g/mol. The Labute approximate surface area is 114 Å². The van der Waals surface area contributed by atoms with E-state index in [0.29, 0.717) is 6.04 Å². The molecule has 102 valence electrons. The van der Waals surface area contributed by atoms with Crippen molar-refractivity contribution in [3.05, 3.63) is 35.9 Å². The Kier molecular flexibility index (Phi) is 4.25. The number of para-hydroxylation sites is 1. The summed E-state index contributed by atoms with van der Waals surface area (Å²) in [5, 5.41) is 8.77. The van der Waals surface area contributed by atoms with Gasteiger partial charge in [-0.1, -0.05) is 18.2 Å². The predicted molar refractivity (Wildman–Crippen MR) is 78.3 cm³/mol. The van der Waals surface area contributed by atoms with Crippen LogP contribution in [0.3, 0.4) is 0 Å². The molecule has 1 aliphatic rings. The van der Waals surface area contributed by atoms with E-state index in [4.69, 9.17) is 5.11 Å². The minimum Gasteiger partial charge on any atom is -0.478 e. The van der Waals surface area contributed by atoms with Crippen LogP contribution in [0.25, 0.3) is 6.08 Å². The number of anilines is 1. The maximum Gasteiger partial charge on any atom is 0.328 e. The summed E-state index contributed by atoms with van der Waals surface area (Å²) >= 11 is 0. The van der Waals surface area contributed by atoms with Gasteiger partial charge in [0.25, 0.3) is 0 Å². The lowest BCUT2D eigenvalue weighted by molar-refractivity contribution is -0.131. The molecule has 1 aliphatic carbocycles.